The number of halogens is 1. The third kappa shape index (κ3) is 4.82. The molecule has 5 rings (SSSR count). The van der Waals surface area contributed by atoms with Crippen LogP contribution in [-0.4, -0.2) is 30.1 Å². The molecule has 0 unspecified atom stereocenters. The first kappa shape index (κ1) is 24.3. The molecule has 1 atom stereocenters. The summed E-state index contributed by atoms with van der Waals surface area (Å²) in [6.45, 7) is 7.15. The molecule has 0 radical (unpaired) electrons. The highest BCUT2D eigenvalue weighted by atomic mass is 19.1. The lowest BCUT2D eigenvalue weighted by atomic mass is 10.0. The van der Waals surface area contributed by atoms with Crippen molar-refractivity contribution in [1.29, 1.82) is 0 Å². The molecule has 0 saturated heterocycles. The second-order valence-corrected chi connectivity index (χ2v) is 9.99. The molecule has 0 spiro atoms. The van der Waals surface area contributed by atoms with E-state index in [0.29, 0.717) is 24.7 Å². The first-order chi connectivity index (χ1) is 17.4. The zero-order chi connectivity index (χ0) is 25.2. The molecular weight excluding hydrogens is 455 g/mol. The SMILES string of the molecule is CC[C@@H](c1nnnn1C1CCCC1)N(Cc1ccc(F)cc1)Cc1cc2c(C)ccc(C)c2[nH]c1=O. The second-order valence-electron chi connectivity index (χ2n) is 9.99. The van der Waals surface area contributed by atoms with Crippen LogP contribution in [0.2, 0.25) is 0 Å². The van der Waals surface area contributed by atoms with Gasteiger partial charge in [0, 0.05) is 24.0 Å². The lowest BCUT2D eigenvalue weighted by molar-refractivity contribution is 0.158. The summed E-state index contributed by atoms with van der Waals surface area (Å²) in [7, 11) is 0. The maximum Gasteiger partial charge on any atom is 0.252 e. The van der Waals surface area contributed by atoms with Crippen molar-refractivity contribution < 1.29 is 4.39 Å². The predicted molar refractivity (Wildman–Crippen MR) is 138 cm³/mol. The highest BCUT2D eigenvalue weighted by Gasteiger charge is 2.29. The lowest BCUT2D eigenvalue weighted by Crippen LogP contribution is -2.32. The average Bonchev–Trinajstić information content (AvgIpc) is 3.57. The number of nitrogens with zero attached hydrogens (tertiary/aromatic N) is 5. The van der Waals surface area contributed by atoms with Gasteiger partial charge in [0.05, 0.1) is 17.6 Å². The van der Waals surface area contributed by atoms with E-state index in [1.54, 1.807) is 12.1 Å². The van der Waals surface area contributed by atoms with Gasteiger partial charge >= 0.3 is 0 Å². The Balaban J connectivity index is 1.55. The summed E-state index contributed by atoms with van der Waals surface area (Å²) in [6, 6.07) is 12.9. The molecule has 4 aromatic rings. The molecule has 7 nitrogen and oxygen atoms in total. The Morgan fingerprint density at radius 3 is 2.53 bits per heavy atom. The molecule has 1 aliphatic carbocycles. The van der Waals surface area contributed by atoms with Crippen LogP contribution in [0.5, 0.6) is 0 Å². The van der Waals surface area contributed by atoms with E-state index >= 15 is 0 Å². The maximum atomic E-state index is 13.6. The maximum absolute atomic E-state index is 13.6. The van der Waals surface area contributed by atoms with E-state index < -0.39 is 0 Å². The van der Waals surface area contributed by atoms with Gasteiger partial charge in [0.25, 0.3) is 5.56 Å². The van der Waals surface area contributed by atoms with Gasteiger partial charge in [-0.2, -0.15) is 0 Å². The van der Waals surface area contributed by atoms with Gasteiger partial charge in [-0.1, -0.05) is 44.0 Å². The summed E-state index contributed by atoms with van der Waals surface area (Å²) in [5.41, 5.74) is 4.62. The number of H-pyrrole nitrogens is 1. The fourth-order valence-corrected chi connectivity index (χ4v) is 5.49. The quantitative estimate of drug-likeness (QED) is 0.352. The van der Waals surface area contributed by atoms with E-state index in [9.17, 15) is 9.18 Å². The summed E-state index contributed by atoms with van der Waals surface area (Å²) in [6.07, 6.45) is 5.30. The molecule has 2 aromatic heterocycles. The van der Waals surface area contributed by atoms with Crippen LogP contribution in [0.4, 0.5) is 4.39 Å². The Bertz CT molecular complexity index is 1400. The van der Waals surface area contributed by atoms with Crippen molar-refractivity contribution >= 4 is 10.9 Å². The summed E-state index contributed by atoms with van der Waals surface area (Å²) in [5.74, 6) is 0.565. The van der Waals surface area contributed by atoms with Gasteiger partial charge in [-0.3, -0.25) is 9.69 Å². The number of aryl methyl sites for hydroxylation is 2. The van der Waals surface area contributed by atoms with Crippen molar-refractivity contribution in [3.63, 3.8) is 0 Å². The van der Waals surface area contributed by atoms with Gasteiger partial charge in [-0.15, -0.1) is 5.10 Å². The Morgan fingerprint density at radius 1 is 1.08 bits per heavy atom. The molecule has 0 bridgehead atoms. The van der Waals surface area contributed by atoms with Crippen molar-refractivity contribution in [2.24, 2.45) is 0 Å². The van der Waals surface area contributed by atoms with Gasteiger partial charge in [0.15, 0.2) is 5.82 Å². The predicted octanol–water partition coefficient (Wildman–Crippen LogP) is 5.54. The number of nitrogens with one attached hydrogen (secondary N) is 1. The number of hydrogen-bond acceptors (Lipinski definition) is 5. The van der Waals surface area contributed by atoms with Gasteiger partial charge in [-0.25, -0.2) is 9.07 Å². The Kier molecular flexibility index (Phi) is 6.96. The smallest absolute Gasteiger partial charge is 0.252 e. The van der Waals surface area contributed by atoms with E-state index in [4.69, 9.17) is 0 Å². The van der Waals surface area contributed by atoms with Crippen LogP contribution in [0.25, 0.3) is 10.9 Å². The van der Waals surface area contributed by atoms with Crippen molar-refractivity contribution in [1.82, 2.24) is 30.1 Å². The molecule has 0 aliphatic heterocycles. The van der Waals surface area contributed by atoms with Crippen molar-refractivity contribution in [2.75, 3.05) is 0 Å². The molecule has 2 aromatic carbocycles. The minimum Gasteiger partial charge on any atom is -0.321 e. The summed E-state index contributed by atoms with van der Waals surface area (Å²) in [5, 5.41) is 13.9. The molecule has 1 aliphatic rings. The van der Waals surface area contributed by atoms with Crippen LogP contribution in [0, 0.1) is 19.7 Å². The molecule has 1 N–H and O–H groups in total. The van der Waals surface area contributed by atoms with E-state index in [-0.39, 0.29) is 17.4 Å². The van der Waals surface area contributed by atoms with Crippen molar-refractivity contribution in [3.8, 4) is 0 Å². The van der Waals surface area contributed by atoms with Crippen LogP contribution in [-0.2, 0) is 13.1 Å². The monoisotopic (exact) mass is 488 g/mol. The zero-order valence-corrected chi connectivity index (χ0v) is 21.2. The largest absolute Gasteiger partial charge is 0.321 e. The number of benzene rings is 2. The zero-order valence-electron chi connectivity index (χ0n) is 21.2. The Morgan fingerprint density at radius 2 is 1.81 bits per heavy atom. The summed E-state index contributed by atoms with van der Waals surface area (Å²) in [4.78, 5) is 18.6. The molecular formula is C28H33FN6O. The molecule has 2 heterocycles. The molecule has 1 fully saturated rings. The number of tetrazole rings is 1. The van der Waals surface area contributed by atoms with Crippen LogP contribution in [0.15, 0.2) is 47.3 Å². The van der Waals surface area contributed by atoms with Crippen LogP contribution < -0.4 is 5.56 Å². The number of rotatable bonds is 8. The minimum atomic E-state index is -0.265. The van der Waals surface area contributed by atoms with E-state index in [1.165, 1.54) is 25.0 Å². The van der Waals surface area contributed by atoms with Crippen molar-refractivity contribution in [3.05, 3.63) is 86.7 Å². The van der Waals surface area contributed by atoms with Crippen LogP contribution >= 0.6 is 0 Å². The first-order valence-corrected chi connectivity index (χ1v) is 12.8. The number of pyridine rings is 1. The Hall–Kier alpha value is -3.39. The van der Waals surface area contributed by atoms with E-state index in [1.807, 2.05) is 23.7 Å². The summed E-state index contributed by atoms with van der Waals surface area (Å²) >= 11 is 0. The number of hydrogen-bond donors (Lipinski definition) is 1. The highest BCUT2D eigenvalue weighted by Crippen LogP contribution is 2.33. The van der Waals surface area contributed by atoms with Crippen molar-refractivity contribution in [2.45, 2.75) is 78.0 Å². The molecule has 0 amide bonds. The van der Waals surface area contributed by atoms with Gasteiger partial charge in [0.2, 0.25) is 0 Å². The Labute approximate surface area is 210 Å². The second kappa shape index (κ2) is 10.3. The molecule has 8 heteroatoms. The van der Waals surface area contributed by atoms with Gasteiger partial charge in [-0.05, 0) is 78.4 Å². The normalized spacial score (nSPS) is 15.2. The van der Waals surface area contributed by atoms with E-state index in [2.05, 4.69) is 45.3 Å². The molecule has 36 heavy (non-hydrogen) atoms. The molecule has 1 saturated carbocycles. The van der Waals surface area contributed by atoms with Crippen LogP contribution in [0.3, 0.4) is 0 Å². The fourth-order valence-electron chi connectivity index (χ4n) is 5.49. The fraction of sp³-hybridized carbons (Fsp3) is 0.429. The number of aromatic nitrogens is 5. The summed E-state index contributed by atoms with van der Waals surface area (Å²) < 4.78 is 15.6. The van der Waals surface area contributed by atoms with E-state index in [0.717, 1.165) is 52.7 Å². The third-order valence-electron chi connectivity index (χ3n) is 7.51. The average molecular weight is 489 g/mol. The topological polar surface area (TPSA) is 79.7 Å². The van der Waals surface area contributed by atoms with Gasteiger partial charge < -0.3 is 4.98 Å². The van der Waals surface area contributed by atoms with Gasteiger partial charge in [0.1, 0.15) is 5.82 Å². The van der Waals surface area contributed by atoms with Crippen LogP contribution in [0.1, 0.15) is 79.2 Å². The molecule has 188 valence electrons. The third-order valence-corrected chi connectivity index (χ3v) is 7.51. The number of fused-ring (bicyclic) bond motifs is 1. The number of aromatic amines is 1. The lowest BCUT2D eigenvalue weighted by Gasteiger charge is -2.31. The standard InChI is InChI=1S/C28H33FN6O/c1-4-25(27-31-32-33-35(27)23-7-5-6-8-23)34(16-20-11-13-22(29)14-12-20)17-21-15-24-18(2)9-10-19(3)26(24)30-28(21)36/h9-15,23,25H,4-8,16-17H2,1-3H3,(H,30,36)/t25-/m0/s1. The first-order valence-electron chi connectivity index (χ1n) is 12.8. The minimum absolute atomic E-state index is 0.0921. The highest BCUT2D eigenvalue weighted by molar-refractivity contribution is 5.85.